The third-order valence-electron chi connectivity index (χ3n) is 4.58. The predicted octanol–water partition coefficient (Wildman–Crippen LogP) is 3.43. The van der Waals surface area contributed by atoms with E-state index in [-0.39, 0.29) is 0 Å². The van der Waals surface area contributed by atoms with Crippen molar-refractivity contribution in [1.29, 1.82) is 0 Å². The molecule has 0 atom stereocenters. The zero-order chi connectivity index (χ0) is 17.6. The van der Waals surface area contributed by atoms with Crippen molar-refractivity contribution < 1.29 is 0 Å². The number of hydrogen-bond donors (Lipinski definition) is 1. The van der Waals surface area contributed by atoms with Gasteiger partial charge in [-0.25, -0.2) is 0 Å². The minimum atomic E-state index is 0.831. The third kappa shape index (κ3) is 4.02. The van der Waals surface area contributed by atoms with Gasteiger partial charge in [-0.3, -0.25) is 4.99 Å². The predicted molar refractivity (Wildman–Crippen MR) is 106 cm³/mol. The van der Waals surface area contributed by atoms with Crippen LogP contribution in [0.1, 0.15) is 11.3 Å². The van der Waals surface area contributed by atoms with E-state index in [1.165, 1.54) is 22.0 Å². The molecule has 0 aliphatic rings. The number of nitrogens with one attached hydrogen (secondary N) is 1. The Balaban J connectivity index is 1.60. The van der Waals surface area contributed by atoms with Gasteiger partial charge in [-0.2, -0.15) is 0 Å². The third-order valence-corrected chi connectivity index (χ3v) is 4.58. The molecule has 25 heavy (non-hydrogen) atoms. The molecular formula is C21H26N4. The van der Waals surface area contributed by atoms with E-state index in [4.69, 9.17) is 0 Å². The average molecular weight is 334 g/mol. The second kappa shape index (κ2) is 7.88. The molecule has 2 aromatic carbocycles. The first-order chi connectivity index (χ1) is 12.2. The lowest BCUT2D eigenvalue weighted by molar-refractivity contribution is 0.462. The molecule has 0 saturated carbocycles. The van der Waals surface area contributed by atoms with Crippen molar-refractivity contribution in [1.82, 2.24) is 14.8 Å². The van der Waals surface area contributed by atoms with E-state index < -0.39 is 0 Å². The van der Waals surface area contributed by atoms with Gasteiger partial charge < -0.3 is 14.8 Å². The molecule has 0 amide bonds. The molecule has 4 nitrogen and oxygen atoms in total. The second-order valence-corrected chi connectivity index (χ2v) is 6.33. The molecule has 3 aromatic rings. The van der Waals surface area contributed by atoms with Crippen molar-refractivity contribution in [3.05, 3.63) is 72.1 Å². The molecule has 4 heteroatoms. The zero-order valence-electron chi connectivity index (χ0n) is 15.2. The van der Waals surface area contributed by atoms with Crippen LogP contribution in [0.25, 0.3) is 10.8 Å². The smallest absolute Gasteiger partial charge is 0.193 e. The van der Waals surface area contributed by atoms with E-state index in [1.54, 1.807) is 0 Å². The van der Waals surface area contributed by atoms with Gasteiger partial charge in [-0.1, -0.05) is 42.5 Å². The van der Waals surface area contributed by atoms with Gasteiger partial charge in [-0.15, -0.1) is 0 Å². The first kappa shape index (κ1) is 17.1. The van der Waals surface area contributed by atoms with Gasteiger partial charge in [0.05, 0.1) is 6.54 Å². The van der Waals surface area contributed by atoms with Gasteiger partial charge in [-0.05, 0) is 34.9 Å². The number of aryl methyl sites for hydroxylation is 1. The molecule has 130 valence electrons. The topological polar surface area (TPSA) is 32.6 Å². The Morgan fingerprint density at radius 2 is 1.88 bits per heavy atom. The number of aromatic nitrogens is 1. The van der Waals surface area contributed by atoms with Crippen LogP contribution in [0.2, 0.25) is 0 Å². The van der Waals surface area contributed by atoms with E-state index in [0.29, 0.717) is 0 Å². The van der Waals surface area contributed by atoms with E-state index in [2.05, 4.69) is 94.7 Å². The summed E-state index contributed by atoms with van der Waals surface area (Å²) in [4.78, 5) is 6.57. The fourth-order valence-corrected chi connectivity index (χ4v) is 3.18. The number of nitrogens with zero attached hydrogens (tertiary/aromatic N) is 3. The molecular weight excluding hydrogens is 308 g/mol. The highest BCUT2D eigenvalue weighted by atomic mass is 15.3. The molecule has 0 spiro atoms. The van der Waals surface area contributed by atoms with E-state index in [9.17, 15) is 0 Å². The van der Waals surface area contributed by atoms with Crippen LogP contribution in [0.3, 0.4) is 0 Å². The van der Waals surface area contributed by atoms with Crippen LogP contribution in [0.15, 0.2) is 65.8 Å². The van der Waals surface area contributed by atoms with Crippen molar-refractivity contribution in [2.45, 2.75) is 13.0 Å². The molecule has 0 saturated heterocycles. The summed E-state index contributed by atoms with van der Waals surface area (Å²) < 4.78 is 2.14. The summed E-state index contributed by atoms with van der Waals surface area (Å²) in [5.74, 6) is 0.918. The number of guanidine groups is 1. The molecule has 0 aliphatic heterocycles. The second-order valence-electron chi connectivity index (χ2n) is 6.33. The van der Waals surface area contributed by atoms with Crippen molar-refractivity contribution in [2.24, 2.45) is 12.0 Å². The van der Waals surface area contributed by atoms with Crippen LogP contribution in [0.4, 0.5) is 0 Å². The van der Waals surface area contributed by atoms with Crippen molar-refractivity contribution in [2.75, 3.05) is 20.6 Å². The molecule has 3 rings (SSSR count). The normalized spacial score (nSPS) is 11.7. The van der Waals surface area contributed by atoms with Crippen molar-refractivity contribution in [3.8, 4) is 0 Å². The van der Waals surface area contributed by atoms with Gasteiger partial charge in [0.25, 0.3) is 0 Å². The maximum Gasteiger partial charge on any atom is 0.193 e. The molecule has 0 bridgehead atoms. The molecule has 1 heterocycles. The zero-order valence-corrected chi connectivity index (χ0v) is 15.2. The highest BCUT2D eigenvalue weighted by Crippen LogP contribution is 2.18. The summed E-state index contributed by atoms with van der Waals surface area (Å²) in [6, 6.07) is 19.3. The Labute approximate surface area is 149 Å². The molecule has 0 radical (unpaired) electrons. The first-order valence-corrected chi connectivity index (χ1v) is 8.67. The van der Waals surface area contributed by atoms with Crippen LogP contribution >= 0.6 is 0 Å². The fraction of sp³-hybridized carbons (Fsp3) is 0.286. The number of aliphatic imine (C=N–C) groups is 1. The summed E-state index contributed by atoms with van der Waals surface area (Å²) in [6.45, 7) is 1.69. The highest BCUT2D eigenvalue weighted by molar-refractivity contribution is 5.85. The molecule has 1 aromatic heterocycles. The molecule has 1 N–H and O–H groups in total. The maximum atomic E-state index is 4.41. The van der Waals surface area contributed by atoms with Crippen LogP contribution in [-0.2, 0) is 20.0 Å². The van der Waals surface area contributed by atoms with E-state index in [0.717, 1.165) is 25.5 Å². The Bertz CT molecular complexity index is 858. The van der Waals surface area contributed by atoms with Crippen LogP contribution in [0, 0.1) is 0 Å². The Morgan fingerprint density at radius 3 is 2.64 bits per heavy atom. The van der Waals surface area contributed by atoms with Gasteiger partial charge in [0.1, 0.15) is 0 Å². The summed E-state index contributed by atoms with van der Waals surface area (Å²) in [6.07, 6.45) is 3.04. The molecule has 0 aliphatic carbocycles. The largest absolute Gasteiger partial charge is 0.356 e. The molecule has 0 unspecified atom stereocenters. The van der Waals surface area contributed by atoms with Crippen LogP contribution < -0.4 is 5.32 Å². The quantitative estimate of drug-likeness (QED) is 0.573. The van der Waals surface area contributed by atoms with Crippen molar-refractivity contribution >= 4 is 16.7 Å². The number of fused-ring (bicyclic) bond motifs is 1. The molecule has 0 fully saturated rings. The minimum absolute atomic E-state index is 0.831. The first-order valence-electron chi connectivity index (χ1n) is 8.67. The lowest BCUT2D eigenvalue weighted by atomic mass is 10.0. The number of hydrogen-bond acceptors (Lipinski definition) is 1. The van der Waals surface area contributed by atoms with Gasteiger partial charge >= 0.3 is 0 Å². The fourth-order valence-electron chi connectivity index (χ4n) is 3.18. The lowest BCUT2D eigenvalue weighted by Gasteiger charge is -2.22. The SMILES string of the molecule is CN=C(NCCc1cccc2ccccc12)N(C)Cc1cccn1C. The van der Waals surface area contributed by atoms with Gasteiger partial charge in [0.15, 0.2) is 5.96 Å². The monoisotopic (exact) mass is 334 g/mol. The summed E-state index contributed by atoms with van der Waals surface area (Å²) in [7, 11) is 5.97. The van der Waals surface area contributed by atoms with Gasteiger partial charge in [0.2, 0.25) is 0 Å². The van der Waals surface area contributed by atoms with E-state index in [1.807, 2.05) is 7.05 Å². The maximum absolute atomic E-state index is 4.41. The number of rotatable bonds is 5. The number of benzene rings is 2. The summed E-state index contributed by atoms with van der Waals surface area (Å²) in [5.41, 5.74) is 2.63. The van der Waals surface area contributed by atoms with Crippen LogP contribution in [0.5, 0.6) is 0 Å². The average Bonchev–Trinajstić information content (AvgIpc) is 3.03. The summed E-state index contributed by atoms with van der Waals surface area (Å²) >= 11 is 0. The summed E-state index contributed by atoms with van der Waals surface area (Å²) in [5, 5.41) is 6.11. The van der Waals surface area contributed by atoms with E-state index >= 15 is 0 Å². The van der Waals surface area contributed by atoms with Crippen LogP contribution in [-0.4, -0.2) is 36.1 Å². The van der Waals surface area contributed by atoms with Crippen molar-refractivity contribution in [3.63, 3.8) is 0 Å². The standard InChI is InChI=1S/C21H26N4/c1-22-21(25(3)16-19-11-7-15-24(19)2)23-14-13-18-10-6-9-17-8-4-5-12-20(17)18/h4-12,15H,13-14,16H2,1-3H3,(H,22,23). The Kier molecular flexibility index (Phi) is 5.39. The Hall–Kier alpha value is -2.75. The van der Waals surface area contributed by atoms with Gasteiger partial charge in [0, 0.05) is 39.6 Å². The lowest BCUT2D eigenvalue weighted by Crippen LogP contribution is -2.39. The Morgan fingerprint density at radius 1 is 1.08 bits per heavy atom. The highest BCUT2D eigenvalue weighted by Gasteiger charge is 2.08. The minimum Gasteiger partial charge on any atom is -0.356 e.